The molecule has 0 saturated carbocycles. The molecule has 0 radical (unpaired) electrons. The van der Waals surface area contributed by atoms with Crippen LogP contribution in [0.25, 0.3) is 0 Å². The number of anilines is 1. The SMILES string of the molecule is Cc1cc(C(=O)N[C@H](C)c2ccc(F)cc2)ccc1NS(=O)(=O)c1ccc(Cl)cc1. The molecule has 1 amide bonds. The van der Waals surface area contributed by atoms with Crippen molar-refractivity contribution in [2.24, 2.45) is 0 Å². The molecular weight excluding hydrogens is 427 g/mol. The molecule has 8 heteroatoms. The average molecular weight is 447 g/mol. The molecule has 156 valence electrons. The van der Waals surface area contributed by atoms with Gasteiger partial charge in [0.15, 0.2) is 0 Å². The van der Waals surface area contributed by atoms with Crippen LogP contribution in [0.2, 0.25) is 5.02 Å². The highest BCUT2D eigenvalue weighted by Crippen LogP contribution is 2.22. The van der Waals surface area contributed by atoms with Crippen molar-refractivity contribution < 1.29 is 17.6 Å². The Morgan fingerprint density at radius 3 is 2.23 bits per heavy atom. The first-order valence-electron chi connectivity index (χ1n) is 9.11. The van der Waals surface area contributed by atoms with Gasteiger partial charge in [-0.2, -0.15) is 0 Å². The molecule has 0 saturated heterocycles. The fraction of sp³-hybridized carbons (Fsp3) is 0.136. The fourth-order valence-corrected chi connectivity index (χ4v) is 4.11. The molecule has 1 atom stereocenters. The lowest BCUT2D eigenvalue weighted by Gasteiger charge is -2.16. The zero-order valence-electron chi connectivity index (χ0n) is 16.3. The average Bonchev–Trinajstić information content (AvgIpc) is 2.70. The maximum absolute atomic E-state index is 13.1. The second-order valence-corrected chi connectivity index (χ2v) is 8.95. The third-order valence-corrected chi connectivity index (χ3v) is 6.21. The molecule has 0 unspecified atom stereocenters. The van der Waals surface area contributed by atoms with Crippen LogP contribution in [0.3, 0.4) is 0 Å². The molecule has 0 spiro atoms. The van der Waals surface area contributed by atoms with Gasteiger partial charge in [-0.1, -0.05) is 23.7 Å². The molecule has 0 aliphatic carbocycles. The van der Waals surface area contributed by atoms with E-state index in [0.717, 1.165) is 5.56 Å². The number of nitrogens with one attached hydrogen (secondary N) is 2. The summed E-state index contributed by atoms with van der Waals surface area (Å²) in [6, 6.07) is 16.1. The largest absolute Gasteiger partial charge is 0.346 e. The zero-order chi connectivity index (χ0) is 21.9. The van der Waals surface area contributed by atoms with Crippen molar-refractivity contribution in [2.45, 2.75) is 24.8 Å². The Labute approximate surface area is 179 Å². The molecule has 3 rings (SSSR count). The number of amides is 1. The van der Waals surface area contributed by atoms with Crippen molar-refractivity contribution >= 4 is 33.2 Å². The van der Waals surface area contributed by atoms with Gasteiger partial charge in [0.1, 0.15) is 5.82 Å². The summed E-state index contributed by atoms with van der Waals surface area (Å²) in [5, 5.41) is 3.29. The Bertz CT molecular complexity index is 1160. The van der Waals surface area contributed by atoms with Crippen LogP contribution < -0.4 is 10.0 Å². The minimum atomic E-state index is -3.78. The van der Waals surface area contributed by atoms with Crippen molar-refractivity contribution in [3.63, 3.8) is 0 Å². The van der Waals surface area contributed by atoms with Crippen LogP contribution in [0.15, 0.2) is 71.6 Å². The number of aryl methyl sites for hydroxylation is 1. The first-order chi connectivity index (χ1) is 14.2. The Balaban J connectivity index is 1.73. The predicted octanol–water partition coefficient (Wildman–Crippen LogP) is 5.08. The minimum absolute atomic E-state index is 0.0845. The molecular formula is C22H20ClFN2O3S. The van der Waals surface area contributed by atoms with E-state index in [9.17, 15) is 17.6 Å². The van der Waals surface area contributed by atoms with Crippen molar-refractivity contribution in [1.29, 1.82) is 0 Å². The van der Waals surface area contributed by atoms with Crippen LogP contribution in [-0.2, 0) is 10.0 Å². The van der Waals surface area contributed by atoms with Gasteiger partial charge < -0.3 is 5.32 Å². The van der Waals surface area contributed by atoms with E-state index in [1.165, 1.54) is 36.4 Å². The first kappa shape index (κ1) is 21.8. The molecule has 3 aromatic rings. The van der Waals surface area contributed by atoms with Gasteiger partial charge in [-0.05, 0) is 79.6 Å². The summed E-state index contributed by atoms with van der Waals surface area (Å²) in [5.41, 5.74) is 2.12. The van der Waals surface area contributed by atoms with E-state index in [4.69, 9.17) is 11.6 Å². The summed E-state index contributed by atoms with van der Waals surface area (Å²) in [6.07, 6.45) is 0. The van der Waals surface area contributed by atoms with E-state index in [-0.39, 0.29) is 22.7 Å². The number of halogens is 2. The number of benzene rings is 3. The topological polar surface area (TPSA) is 75.3 Å². The first-order valence-corrected chi connectivity index (χ1v) is 11.0. The zero-order valence-corrected chi connectivity index (χ0v) is 17.9. The molecule has 0 fully saturated rings. The standard InChI is InChI=1S/C22H20ClFN2O3S/c1-14-13-17(22(27)25-15(2)16-3-8-19(24)9-4-16)5-12-21(14)26-30(28,29)20-10-6-18(23)7-11-20/h3-13,15,26H,1-2H3,(H,25,27)/t15-/m1/s1. The van der Waals surface area contributed by atoms with E-state index >= 15 is 0 Å². The van der Waals surface area contributed by atoms with Gasteiger partial charge in [-0.15, -0.1) is 0 Å². The Morgan fingerprint density at radius 2 is 1.63 bits per heavy atom. The lowest BCUT2D eigenvalue weighted by molar-refractivity contribution is 0.0940. The van der Waals surface area contributed by atoms with Gasteiger partial charge in [0.2, 0.25) is 0 Å². The highest BCUT2D eigenvalue weighted by molar-refractivity contribution is 7.92. The second kappa shape index (κ2) is 8.85. The highest BCUT2D eigenvalue weighted by Gasteiger charge is 2.17. The normalized spacial score (nSPS) is 12.3. The quantitative estimate of drug-likeness (QED) is 0.554. The molecule has 0 aliphatic heterocycles. The Kier molecular flexibility index (Phi) is 6.43. The van der Waals surface area contributed by atoms with Gasteiger partial charge >= 0.3 is 0 Å². The smallest absolute Gasteiger partial charge is 0.261 e. The Hall–Kier alpha value is -2.90. The van der Waals surface area contributed by atoms with Gasteiger partial charge in [0.05, 0.1) is 16.6 Å². The van der Waals surface area contributed by atoms with Crippen molar-refractivity contribution in [2.75, 3.05) is 4.72 Å². The van der Waals surface area contributed by atoms with Gasteiger partial charge in [-0.25, -0.2) is 12.8 Å². The van der Waals surface area contributed by atoms with Crippen LogP contribution in [0, 0.1) is 12.7 Å². The van der Waals surface area contributed by atoms with E-state index in [2.05, 4.69) is 10.0 Å². The number of carbonyl (C=O) groups excluding carboxylic acids is 1. The molecule has 2 N–H and O–H groups in total. The molecule has 0 heterocycles. The summed E-state index contributed by atoms with van der Waals surface area (Å²) >= 11 is 5.81. The van der Waals surface area contributed by atoms with E-state index in [1.807, 2.05) is 0 Å². The number of hydrogen-bond donors (Lipinski definition) is 2. The Morgan fingerprint density at radius 1 is 1.00 bits per heavy atom. The summed E-state index contributed by atoms with van der Waals surface area (Å²) in [4.78, 5) is 12.6. The van der Waals surface area contributed by atoms with Crippen LogP contribution in [0.1, 0.15) is 34.5 Å². The summed E-state index contributed by atoms with van der Waals surface area (Å²) in [5.74, 6) is -0.661. The number of rotatable bonds is 6. The predicted molar refractivity (Wildman–Crippen MR) is 116 cm³/mol. The van der Waals surface area contributed by atoms with Crippen LogP contribution in [0.4, 0.5) is 10.1 Å². The van der Waals surface area contributed by atoms with Gasteiger partial charge in [0.25, 0.3) is 15.9 Å². The number of sulfonamides is 1. The summed E-state index contributed by atoms with van der Waals surface area (Å²) in [6.45, 7) is 3.51. The second-order valence-electron chi connectivity index (χ2n) is 6.84. The maximum Gasteiger partial charge on any atom is 0.261 e. The number of hydrogen-bond acceptors (Lipinski definition) is 3. The van der Waals surface area contributed by atoms with E-state index in [0.29, 0.717) is 21.8 Å². The number of carbonyl (C=O) groups is 1. The molecule has 0 aromatic heterocycles. The van der Waals surface area contributed by atoms with Gasteiger partial charge in [0, 0.05) is 10.6 Å². The maximum atomic E-state index is 13.1. The third kappa shape index (κ3) is 5.17. The lowest BCUT2D eigenvalue weighted by atomic mass is 10.1. The molecule has 0 aliphatic rings. The lowest BCUT2D eigenvalue weighted by Crippen LogP contribution is -2.26. The van der Waals surface area contributed by atoms with Crippen molar-refractivity contribution in [1.82, 2.24) is 5.32 Å². The van der Waals surface area contributed by atoms with Crippen LogP contribution in [-0.4, -0.2) is 14.3 Å². The monoisotopic (exact) mass is 446 g/mol. The fourth-order valence-electron chi connectivity index (χ4n) is 2.85. The van der Waals surface area contributed by atoms with E-state index in [1.54, 1.807) is 44.2 Å². The van der Waals surface area contributed by atoms with Crippen molar-refractivity contribution in [3.05, 3.63) is 94.3 Å². The molecule has 0 bridgehead atoms. The van der Waals surface area contributed by atoms with Crippen molar-refractivity contribution in [3.8, 4) is 0 Å². The summed E-state index contributed by atoms with van der Waals surface area (Å²) < 4.78 is 40.7. The molecule has 30 heavy (non-hydrogen) atoms. The third-order valence-electron chi connectivity index (χ3n) is 4.57. The molecule has 5 nitrogen and oxygen atoms in total. The van der Waals surface area contributed by atoms with Crippen LogP contribution in [0.5, 0.6) is 0 Å². The highest BCUT2D eigenvalue weighted by atomic mass is 35.5. The van der Waals surface area contributed by atoms with E-state index < -0.39 is 10.0 Å². The van der Waals surface area contributed by atoms with Crippen LogP contribution >= 0.6 is 11.6 Å². The van der Waals surface area contributed by atoms with Gasteiger partial charge in [-0.3, -0.25) is 9.52 Å². The summed E-state index contributed by atoms with van der Waals surface area (Å²) in [7, 11) is -3.78. The molecule has 3 aromatic carbocycles. The minimum Gasteiger partial charge on any atom is -0.346 e.